The van der Waals surface area contributed by atoms with Crippen molar-refractivity contribution >= 4 is 5.97 Å². The Morgan fingerprint density at radius 2 is 2.29 bits per heavy atom. The van der Waals surface area contributed by atoms with E-state index in [0.717, 1.165) is 19.5 Å². The Morgan fingerprint density at radius 3 is 2.79 bits per heavy atom. The standard InChI is InChI=1S/C10H18FNO2/c1-10(11)5-7-12(8-10)6-3-2-4-9(13)14/h2-8H2,1H3,(H,13,14). The van der Waals surface area contributed by atoms with Crippen molar-refractivity contribution in [1.29, 1.82) is 0 Å². The molecular formula is C10H18FNO2. The van der Waals surface area contributed by atoms with Gasteiger partial charge in [-0.25, -0.2) is 4.39 Å². The van der Waals surface area contributed by atoms with E-state index >= 15 is 0 Å². The van der Waals surface area contributed by atoms with Crippen molar-refractivity contribution in [2.75, 3.05) is 19.6 Å². The number of likely N-dealkylation sites (tertiary alicyclic amines) is 1. The van der Waals surface area contributed by atoms with Gasteiger partial charge in [-0.2, -0.15) is 0 Å². The molecule has 0 aliphatic carbocycles. The predicted molar refractivity (Wildman–Crippen MR) is 52.1 cm³/mol. The van der Waals surface area contributed by atoms with Crippen LogP contribution >= 0.6 is 0 Å². The monoisotopic (exact) mass is 203 g/mol. The molecule has 3 nitrogen and oxygen atoms in total. The molecule has 1 atom stereocenters. The molecule has 0 aromatic carbocycles. The maximum absolute atomic E-state index is 13.4. The number of carboxylic acids is 1. The Kier molecular flexibility index (Phi) is 3.86. The second-order valence-corrected chi connectivity index (χ2v) is 4.29. The molecule has 1 heterocycles. The molecule has 82 valence electrons. The highest BCUT2D eigenvalue weighted by Gasteiger charge is 2.32. The minimum atomic E-state index is -1.03. The van der Waals surface area contributed by atoms with Gasteiger partial charge >= 0.3 is 5.97 Å². The van der Waals surface area contributed by atoms with Crippen LogP contribution in [0.25, 0.3) is 0 Å². The number of unbranched alkanes of at least 4 members (excludes halogenated alkanes) is 1. The van der Waals surface area contributed by atoms with Gasteiger partial charge in [-0.3, -0.25) is 4.79 Å². The molecule has 1 fully saturated rings. The third kappa shape index (κ3) is 4.05. The Morgan fingerprint density at radius 1 is 1.57 bits per heavy atom. The van der Waals surface area contributed by atoms with Crippen molar-refractivity contribution in [2.24, 2.45) is 0 Å². The summed E-state index contributed by atoms with van der Waals surface area (Å²) < 4.78 is 13.4. The molecular weight excluding hydrogens is 185 g/mol. The van der Waals surface area contributed by atoms with E-state index in [9.17, 15) is 9.18 Å². The zero-order valence-electron chi connectivity index (χ0n) is 8.63. The summed E-state index contributed by atoms with van der Waals surface area (Å²) in [5, 5.41) is 8.41. The number of carboxylic acid groups (broad SMARTS) is 1. The fraction of sp³-hybridized carbons (Fsp3) is 0.900. The number of alkyl halides is 1. The van der Waals surface area contributed by atoms with Gasteiger partial charge in [-0.15, -0.1) is 0 Å². The van der Waals surface area contributed by atoms with Gasteiger partial charge < -0.3 is 10.0 Å². The van der Waals surface area contributed by atoms with Crippen LogP contribution in [0.2, 0.25) is 0 Å². The topological polar surface area (TPSA) is 40.5 Å². The molecule has 1 unspecified atom stereocenters. The van der Waals surface area contributed by atoms with E-state index < -0.39 is 11.6 Å². The zero-order chi connectivity index (χ0) is 10.6. The number of halogens is 1. The molecule has 1 aliphatic rings. The first-order valence-corrected chi connectivity index (χ1v) is 5.13. The number of rotatable bonds is 5. The second kappa shape index (κ2) is 4.73. The summed E-state index contributed by atoms with van der Waals surface area (Å²) >= 11 is 0. The summed E-state index contributed by atoms with van der Waals surface area (Å²) in [6.45, 7) is 3.76. The minimum Gasteiger partial charge on any atom is -0.481 e. The summed E-state index contributed by atoms with van der Waals surface area (Å²) in [5.41, 5.74) is -1.03. The van der Waals surface area contributed by atoms with Crippen LogP contribution in [0, 0.1) is 0 Å². The molecule has 0 aromatic rings. The lowest BCUT2D eigenvalue weighted by Gasteiger charge is -2.16. The number of hydrogen-bond acceptors (Lipinski definition) is 2. The molecule has 14 heavy (non-hydrogen) atoms. The van der Waals surface area contributed by atoms with Gasteiger partial charge in [-0.05, 0) is 32.7 Å². The van der Waals surface area contributed by atoms with E-state index in [1.807, 2.05) is 0 Å². The van der Waals surface area contributed by atoms with E-state index in [0.29, 0.717) is 19.4 Å². The summed E-state index contributed by atoms with van der Waals surface area (Å²) in [4.78, 5) is 12.3. The predicted octanol–water partition coefficient (Wildman–Crippen LogP) is 1.68. The molecule has 0 aromatic heterocycles. The van der Waals surface area contributed by atoms with Crippen LogP contribution in [0.5, 0.6) is 0 Å². The van der Waals surface area contributed by atoms with Gasteiger partial charge in [0.25, 0.3) is 0 Å². The molecule has 0 spiro atoms. The average molecular weight is 203 g/mol. The summed E-state index contributed by atoms with van der Waals surface area (Å²) in [7, 11) is 0. The molecule has 0 amide bonds. The summed E-state index contributed by atoms with van der Waals surface area (Å²) in [5.74, 6) is -0.748. The quantitative estimate of drug-likeness (QED) is 0.691. The van der Waals surface area contributed by atoms with Gasteiger partial charge in [0.05, 0.1) is 0 Å². The van der Waals surface area contributed by atoms with Crippen molar-refractivity contribution in [3.63, 3.8) is 0 Å². The van der Waals surface area contributed by atoms with Gasteiger partial charge in [0.15, 0.2) is 0 Å². The lowest BCUT2D eigenvalue weighted by molar-refractivity contribution is -0.137. The zero-order valence-corrected chi connectivity index (χ0v) is 8.63. The molecule has 1 rings (SSSR count). The van der Waals surface area contributed by atoms with E-state index in [-0.39, 0.29) is 6.42 Å². The summed E-state index contributed by atoms with van der Waals surface area (Å²) in [6.07, 6.45) is 2.36. The fourth-order valence-corrected chi connectivity index (χ4v) is 1.82. The van der Waals surface area contributed by atoms with Crippen molar-refractivity contribution in [3.8, 4) is 0 Å². The highest BCUT2D eigenvalue weighted by atomic mass is 19.1. The molecule has 4 heteroatoms. The fourth-order valence-electron chi connectivity index (χ4n) is 1.82. The average Bonchev–Trinajstić information content (AvgIpc) is 2.39. The van der Waals surface area contributed by atoms with E-state index in [4.69, 9.17) is 5.11 Å². The van der Waals surface area contributed by atoms with Crippen LogP contribution in [-0.2, 0) is 4.79 Å². The highest BCUT2D eigenvalue weighted by Crippen LogP contribution is 2.24. The summed E-state index contributed by atoms with van der Waals surface area (Å²) in [6, 6.07) is 0. The molecule has 1 aliphatic heterocycles. The Labute approximate surface area is 83.9 Å². The van der Waals surface area contributed by atoms with Crippen molar-refractivity contribution in [3.05, 3.63) is 0 Å². The first kappa shape index (κ1) is 11.4. The lowest BCUT2D eigenvalue weighted by atomic mass is 10.1. The first-order valence-electron chi connectivity index (χ1n) is 5.13. The number of nitrogens with zero attached hydrogens (tertiary/aromatic N) is 1. The van der Waals surface area contributed by atoms with E-state index in [2.05, 4.69) is 4.90 Å². The van der Waals surface area contributed by atoms with Gasteiger partial charge in [0, 0.05) is 19.5 Å². The molecule has 1 N–H and O–H groups in total. The maximum atomic E-state index is 13.4. The van der Waals surface area contributed by atoms with Gasteiger partial charge in [-0.1, -0.05) is 0 Å². The van der Waals surface area contributed by atoms with Crippen LogP contribution in [0.15, 0.2) is 0 Å². The molecule has 0 saturated carbocycles. The first-order chi connectivity index (χ1) is 6.49. The van der Waals surface area contributed by atoms with Crippen LogP contribution in [0.3, 0.4) is 0 Å². The third-order valence-corrected chi connectivity index (χ3v) is 2.62. The molecule has 0 bridgehead atoms. The number of carbonyl (C=O) groups is 1. The highest BCUT2D eigenvalue weighted by molar-refractivity contribution is 5.66. The van der Waals surface area contributed by atoms with Crippen molar-refractivity contribution < 1.29 is 14.3 Å². The van der Waals surface area contributed by atoms with Crippen molar-refractivity contribution in [2.45, 2.75) is 38.3 Å². The van der Waals surface area contributed by atoms with Crippen LogP contribution in [-0.4, -0.2) is 41.3 Å². The minimum absolute atomic E-state index is 0.223. The van der Waals surface area contributed by atoms with Crippen molar-refractivity contribution in [1.82, 2.24) is 4.90 Å². The third-order valence-electron chi connectivity index (χ3n) is 2.62. The van der Waals surface area contributed by atoms with E-state index in [1.54, 1.807) is 6.92 Å². The molecule has 1 saturated heterocycles. The molecule has 0 radical (unpaired) electrons. The van der Waals surface area contributed by atoms with Gasteiger partial charge in [0.1, 0.15) is 5.67 Å². The lowest BCUT2D eigenvalue weighted by Crippen LogP contribution is -2.27. The maximum Gasteiger partial charge on any atom is 0.303 e. The van der Waals surface area contributed by atoms with Crippen LogP contribution in [0.4, 0.5) is 4.39 Å². The van der Waals surface area contributed by atoms with Gasteiger partial charge in [0.2, 0.25) is 0 Å². The largest absolute Gasteiger partial charge is 0.481 e. The van der Waals surface area contributed by atoms with Crippen LogP contribution < -0.4 is 0 Å². The number of aliphatic carboxylic acids is 1. The Hall–Kier alpha value is -0.640. The Bertz CT molecular complexity index is 206. The Balaban J connectivity index is 2.06. The second-order valence-electron chi connectivity index (χ2n) is 4.29. The van der Waals surface area contributed by atoms with Crippen LogP contribution in [0.1, 0.15) is 32.6 Å². The normalized spacial score (nSPS) is 28.1. The number of hydrogen-bond donors (Lipinski definition) is 1. The van der Waals surface area contributed by atoms with E-state index in [1.165, 1.54) is 0 Å². The smallest absolute Gasteiger partial charge is 0.303 e. The SMILES string of the molecule is CC1(F)CCN(CCCCC(=O)O)C1.